The molecule has 0 unspecified atom stereocenters. The summed E-state index contributed by atoms with van der Waals surface area (Å²) in [7, 11) is 4.71. The van der Waals surface area contributed by atoms with Crippen molar-refractivity contribution in [2.75, 3.05) is 60.7 Å². The van der Waals surface area contributed by atoms with E-state index in [0.717, 1.165) is 45.0 Å². The molecule has 1 heterocycles. The van der Waals surface area contributed by atoms with Crippen molar-refractivity contribution < 1.29 is 18.9 Å². The van der Waals surface area contributed by atoms with Gasteiger partial charge in [0.2, 0.25) is 5.75 Å². The summed E-state index contributed by atoms with van der Waals surface area (Å²) in [6.07, 6.45) is 1.62. The Morgan fingerprint density at radius 2 is 1.92 bits per heavy atom. The fourth-order valence-electron chi connectivity index (χ4n) is 2.58. The highest BCUT2D eigenvalue weighted by atomic mass is 32.1. The number of nitrogens with zero attached hydrogens (tertiary/aromatic N) is 2. The van der Waals surface area contributed by atoms with Crippen molar-refractivity contribution >= 4 is 23.5 Å². The van der Waals surface area contributed by atoms with Gasteiger partial charge in [0.25, 0.3) is 0 Å². The van der Waals surface area contributed by atoms with Crippen LogP contribution in [0.5, 0.6) is 17.2 Å². The van der Waals surface area contributed by atoms with Crippen LogP contribution >= 0.6 is 12.2 Å². The first kappa shape index (κ1) is 20.2. The van der Waals surface area contributed by atoms with Crippen molar-refractivity contribution in [2.24, 2.45) is 5.10 Å². The first-order valence-electron chi connectivity index (χ1n) is 8.35. The summed E-state index contributed by atoms with van der Waals surface area (Å²) in [5.74, 6) is 1.66. The first-order valence-corrected chi connectivity index (χ1v) is 8.76. The average molecular weight is 382 g/mol. The number of rotatable bonds is 8. The van der Waals surface area contributed by atoms with E-state index < -0.39 is 0 Å². The maximum absolute atomic E-state index is 5.41. The minimum Gasteiger partial charge on any atom is -0.493 e. The van der Waals surface area contributed by atoms with Gasteiger partial charge in [-0.15, -0.1) is 0 Å². The summed E-state index contributed by atoms with van der Waals surface area (Å²) in [6.45, 7) is 5.16. The van der Waals surface area contributed by atoms with Crippen molar-refractivity contribution in [3.63, 3.8) is 0 Å². The van der Waals surface area contributed by atoms with Crippen LogP contribution in [0.1, 0.15) is 5.56 Å². The number of thiocarbonyl (C=S) groups is 1. The minimum absolute atomic E-state index is 0.467. The molecule has 8 nitrogen and oxygen atoms in total. The summed E-state index contributed by atoms with van der Waals surface area (Å²) in [4.78, 5) is 2.33. The fourth-order valence-corrected chi connectivity index (χ4v) is 2.73. The third-order valence-corrected chi connectivity index (χ3v) is 4.16. The van der Waals surface area contributed by atoms with Crippen molar-refractivity contribution in [1.82, 2.24) is 15.6 Å². The molecule has 0 radical (unpaired) electrons. The molecule has 1 aliphatic heterocycles. The Labute approximate surface area is 159 Å². The van der Waals surface area contributed by atoms with E-state index in [9.17, 15) is 0 Å². The lowest BCUT2D eigenvalue weighted by atomic mass is 10.2. The Morgan fingerprint density at radius 1 is 1.19 bits per heavy atom. The molecule has 144 valence electrons. The Hall–Kier alpha value is -2.10. The van der Waals surface area contributed by atoms with Gasteiger partial charge in [-0.3, -0.25) is 10.3 Å². The monoisotopic (exact) mass is 382 g/mol. The molecule has 1 aliphatic rings. The lowest BCUT2D eigenvalue weighted by molar-refractivity contribution is 0.0389. The van der Waals surface area contributed by atoms with Gasteiger partial charge in [-0.2, -0.15) is 5.10 Å². The molecule has 26 heavy (non-hydrogen) atoms. The Balaban J connectivity index is 1.84. The quantitative estimate of drug-likeness (QED) is 0.389. The predicted octanol–water partition coefficient (Wildman–Crippen LogP) is 0.843. The SMILES string of the molecule is COc1ccc(/C=N/NC(=S)NCCN2CCOCC2)c(OC)c1OC. The predicted molar refractivity (Wildman–Crippen MR) is 105 cm³/mol. The van der Waals surface area contributed by atoms with Crippen LogP contribution < -0.4 is 25.0 Å². The molecule has 0 aliphatic carbocycles. The molecular formula is C17H26N4O4S. The van der Waals surface area contributed by atoms with Gasteiger partial charge in [0.15, 0.2) is 16.6 Å². The number of ether oxygens (including phenoxy) is 4. The zero-order valence-corrected chi connectivity index (χ0v) is 16.2. The Morgan fingerprint density at radius 3 is 2.58 bits per heavy atom. The smallest absolute Gasteiger partial charge is 0.203 e. The molecule has 0 amide bonds. The van der Waals surface area contributed by atoms with Gasteiger partial charge in [-0.1, -0.05) is 0 Å². The molecule has 0 atom stereocenters. The van der Waals surface area contributed by atoms with Crippen LogP contribution in [-0.2, 0) is 4.74 Å². The number of hydrogen-bond donors (Lipinski definition) is 2. The number of methoxy groups -OCH3 is 3. The number of benzene rings is 1. The molecule has 1 fully saturated rings. The molecule has 1 aromatic rings. The maximum Gasteiger partial charge on any atom is 0.203 e. The van der Waals surface area contributed by atoms with Gasteiger partial charge >= 0.3 is 0 Å². The van der Waals surface area contributed by atoms with Crippen LogP contribution in [0.25, 0.3) is 0 Å². The molecule has 9 heteroatoms. The second-order valence-electron chi connectivity index (χ2n) is 5.50. The van der Waals surface area contributed by atoms with Gasteiger partial charge in [0, 0.05) is 31.7 Å². The van der Waals surface area contributed by atoms with E-state index in [0.29, 0.717) is 22.4 Å². The summed E-state index contributed by atoms with van der Waals surface area (Å²) in [5, 5.41) is 7.76. The Kier molecular flexibility index (Phi) is 8.39. The second kappa shape index (κ2) is 10.8. The maximum atomic E-state index is 5.41. The zero-order valence-electron chi connectivity index (χ0n) is 15.4. The number of hydrogen-bond acceptors (Lipinski definition) is 7. The van der Waals surface area contributed by atoms with E-state index in [2.05, 4.69) is 20.7 Å². The number of morpholine rings is 1. The van der Waals surface area contributed by atoms with E-state index in [1.54, 1.807) is 33.6 Å². The van der Waals surface area contributed by atoms with Gasteiger partial charge in [-0.25, -0.2) is 0 Å². The highest BCUT2D eigenvalue weighted by molar-refractivity contribution is 7.80. The van der Waals surface area contributed by atoms with E-state index in [1.807, 2.05) is 6.07 Å². The Bertz CT molecular complexity index is 621. The van der Waals surface area contributed by atoms with Crippen molar-refractivity contribution in [1.29, 1.82) is 0 Å². The summed E-state index contributed by atoms with van der Waals surface area (Å²) < 4.78 is 21.4. The highest BCUT2D eigenvalue weighted by Gasteiger charge is 2.14. The third-order valence-electron chi connectivity index (χ3n) is 3.92. The molecule has 2 rings (SSSR count). The van der Waals surface area contributed by atoms with E-state index in [4.69, 9.17) is 31.2 Å². The molecule has 0 spiro atoms. The largest absolute Gasteiger partial charge is 0.493 e. The molecule has 0 bridgehead atoms. The van der Waals surface area contributed by atoms with Gasteiger partial charge in [-0.05, 0) is 24.4 Å². The van der Waals surface area contributed by atoms with Crippen molar-refractivity contribution in [2.45, 2.75) is 0 Å². The standard InChI is InChI=1S/C17H26N4O4S/c1-22-14-5-4-13(15(23-2)16(14)24-3)12-19-20-17(26)18-6-7-21-8-10-25-11-9-21/h4-5,12H,6-11H2,1-3H3,(H2,18,20,26)/b19-12+. The lowest BCUT2D eigenvalue weighted by Crippen LogP contribution is -2.42. The molecule has 0 saturated carbocycles. The number of nitrogens with one attached hydrogen (secondary N) is 2. The third kappa shape index (κ3) is 5.72. The average Bonchev–Trinajstić information content (AvgIpc) is 2.68. The minimum atomic E-state index is 0.467. The van der Waals surface area contributed by atoms with Gasteiger partial charge in [0.05, 0.1) is 40.8 Å². The van der Waals surface area contributed by atoms with E-state index in [-0.39, 0.29) is 0 Å². The summed E-state index contributed by atoms with van der Waals surface area (Å²) >= 11 is 5.23. The highest BCUT2D eigenvalue weighted by Crippen LogP contribution is 2.38. The van der Waals surface area contributed by atoms with Crippen LogP contribution in [0.15, 0.2) is 17.2 Å². The van der Waals surface area contributed by atoms with Crippen LogP contribution in [-0.4, -0.2) is 76.9 Å². The molecule has 2 N–H and O–H groups in total. The van der Waals surface area contributed by atoms with Crippen molar-refractivity contribution in [3.8, 4) is 17.2 Å². The number of hydrazone groups is 1. The van der Waals surface area contributed by atoms with Crippen LogP contribution in [0.3, 0.4) is 0 Å². The second-order valence-corrected chi connectivity index (χ2v) is 5.91. The van der Waals surface area contributed by atoms with Gasteiger partial charge < -0.3 is 24.3 Å². The topological polar surface area (TPSA) is 76.6 Å². The van der Waals surface area contributed by atoms with Crippen LogP contribution in [0.2, 0.25) is 0 Å². The summed E-state index contributed by atoms with van der Waals surface area (Å²) in [5.41, 5.74) is 3.55. The fraction of sp³-hybridized carbons (Fsp3) is 0.529. The van der Waals surface area contributed by atoms with Crippen LogP contribution in [0, 0.1) is 0 Å². The normalized spacial score (nSPS) is 14.9. The molecule has 1 saturated heterocycles. The molecule has 1 aromatic carbocycles. The van der Waals surface area contributed by atoms with E-state index in [1.165, 1.54) is 0 Å². The summed E-state index contributed by atoms with van der Waals surface area (Å²) in [6, 6.07) is 3.63. The zero-order chi connectivity index (χ0) is 18.8. The van der Waals surface area contributed by atoms with Gasteiger partial charge in [0.1, 0.15) is 0 Å². The van der Waals surface area contributed by atoms with Crippen LogP contribution in [0.4, 0.5) is 0 Å². The lowest BCUT2D eigenvalue weighted by Gasteiger charge is -2.26. The molecular weight excluding hydrogens is 356 g/mol. The van der Waals surface area contributed by atoms with E-state index >= 15 is 0 Å². The molecule has 0 aromatic heterocycles. The van der Waals surface area contributed by atoms with Crippen molar-refractivity contribution in [3.05, 3.63) is 17.7 Å². The first-order chi connectivity index (χ1) is 12.7.